The van der Waals surface area contributed by atoms with E-state index in [4.69, 9.17) is 4.74 Å². The number of hydrogen-bond acceptors (Lipinski definition) is 2. The highest BCUT2D eigenvalue weighted by Crippen LogP contribution is 2.72. The lowest BCUT2D eigenvalue weighted by atomic mass is 9.92. The van der Waals surface area contributed by atoms with Crippen molar-refractivity contribution in [3.63, 3.8) is 0 Å². The highest BCUT2D eigenvalue weighted by atomic mass is 16.5. The van der Waals surface area contributed by atoms with Crippen LogP contribution in [0.15, 0.2) is 24.3 Å². The van der Waals surface area contributed by atoms with Gasteiger partial charge in [0.15, 0.2) is 0 Å². The molecular formula is C18H25NO. The molecule has 5 unspecified atom stereocenters. The average molecular weight is 271 g/mol. The Morgan fingerprint density at radius 2 is 1.90 bits per heavy atom. The Bertz CT molecular complexity index is 484. The van der Waals surface area contributed by atoms with E-state index in [2.05, 4.69) is 43.6 Å². The van der Waals surface area contributed by atoms with Crippen LogP contribution in [-0.4, -0.2) is 13.7 Å². The molecule has 20 heavy (non-hydrogen) atoms. The van der Waals surface area contributed by atoms with Gasteiger partial charge in [0, 0.05) is 11.6 Å². The summed E-state index contributed by atoms with van der Waals surface area (Å²) < 4.78 is 5.85. The molecule has 0 saturated heterocycles. The van der Waals surface area contributed by atoms with Crippen LogP contribution < -0.4 is 10.1 Å². The Labute approximate surface area is 121 Å². The van der Waals surface area contributed by atoms with Gasteiger partial charge in [-0.2, -0.15) is 0 Å². The third kappa shape index (κ3) is 1.74. The van der Waals surface area contributed by atoms with E-state index in [1.165, 1.54) is 24.8 Å². The largest absolute Gasteiger partial charge is 0.494 e. The van der Waals surface area contributed by atoms with Crippen LogP contribution in [-0.2, 0) is 0 Å². The lowest BCUT2D eigenvalue weighted by molar-refractivity contribution is 0.322. The Hall–Kier alpha value is -1.02. The van der Waals surface area contributed by atoms with Gasteiger partial charge in [-0.1, -0.05) is 18.2 Å². The van der Waals surface area contributed by atoms with Crippen molar-refractivity contribution >= 4 is 0 Å². The monoisotopic (exact) mass is 271 g/mol. The number of nitrogens with one attached hydrogen (secondary N) is 1. The number of hydrogen-bond donors (Lipinski definition) is 1. The molecule has 5 atom stereocenters. The summed E-state index contributed by atoms with van der Waals surface area (Å²) in [5.74, 6) is 6.00. The summed E-state index contributed by atoms with van der Waals surface area (Å²) in [6, 6.07) is 9.09. The van der Waals surface area contributed by atoms with Crippen molar-refractivity contribution in [2.24, 2.45) is 29.6 Å². The standard InChI is InChI=1S/C18H25NO/c1-3-20-14-7-5-4-6-13(14)18(19-2)17-15-11-8-9-12(10-11)16(15)17/h4-7,11-12,15-19H,3,8-10H2,1-2H3. The third-order valence-electron chi connectivity index (χ3n) is 6.04. The molecule has 3 saturated carbocycles. The van der Waals surface area contributed by atoms with E-state index in [9.17, 15) is 0 Å². The van der Waals surface area contributed by atoms with Crippen molar-refractivity contribution in [3.8, 4) is 5.75 Å². The van der Waals surface area contributed by atoms with Crippen LogP contribution in [0, 0.1) is 29.6 Å². The lowest BCUT2D eigenvalue weighted by Crippen LogP contribution is -2.22. The number of ether oxygens (including phenoxy) is 1. The molecule has 4 rings (SSSR count). The van der Waals surface area contributed by atoms with Gasteiger partial charge in [-0.05, 0) is 68.9 Å². The zero-order chi connectivity index (χ0) is 13.7. The summed E-state index contributed by atoms with van der Waals surface area (Å²) in [7, 11) is 2.11. The second kappa shape index (κ2) is 4.77. The molecule has 0 heterocycles. The van der Waals surface area contributed by atoms with Crippen LogP contribution in [0.5, 0.6) is 5.75 Å². The van der Waals surface area contributed by atoms with Crippen molar-refractivity contribution in [3.05, 3.63) is 29.8 Å². The maximum Gasteiger partial charge on any atom is 0.124 e. The molecule has 2 nitrogen and oxygen atoms in total. The fourth-order valence-electron chi connectivity index (χ4n) is 5.42. The Kier molecular flexibility index (Phi) is 3.03. The fourth-order valence-corrected chi connectivity index (χ4v) is 5.42. The van der Waals surface area contributed by atoms with Gasteiger partial charge < -0.3 is 10.1 Å². The maximum absolute atomic E-state index is 5.85. The van der Waals surface area contributed by atoms with E-state index in [-0.39, 0.29) is 0 Å². The first-order valence-corrected chi connectivity index (χ1v) is 8.24. The maximum atomic E-state index is 5.85. The van der Waals surface area contributed by atoms with Gasteiger partial charge in [-0.15, -0.1) is 0 Å². The normalized spacial score (nSPS) is 38.6. The van der Waals surface area contributed by atoms with Crippen molar-refractivity contribution in [2.75, 3.05) is 13.7 Å². The van der Waals surface area contributed by atoms with E-state index in [0.29, 0.717) is 6.04 Å². The van der Waals surface area contributed by atoms with Crippen molar-refractivity contribution in [2.45, 2.75) is 32.2 Å². The minimum absolute atomic E-state index is 0.483. The van der Waals surface area contributed by atoms with E-state index in [1.807, 2.05) is 0 Å². The van der Waals surface area contributed by atoms with Crippen LogP contribution in [0.3, 0.4) is 0 Å². The molecule has 3 aliphatic rings. The Balaban J connectivity index is 1.61. The number of fused-ring (bicyclic) bond motifs is 5. The second-order valence-corrected chi connectivity index (χ2v) is 6.80. The summed E-state index contributed by atoms with van der Waals surface area (Å²) in [6.07, 6.45) is 4.51. The van der Waals surface area contributed by atoms with Crippen LogP contribution in [0.4, 0.5) is 0 Å². The molecule has 0 aliphatic heterocycles. The Morgan fingerprint density at radius 1 is 1.20 bits per heavy atom. The van der Waals surface area contributed by atoms with E-state index in [0.717, 1.165) is 41.9 Å². The average Bonchev–Trinajstić information content (AvgIpc) is 2.90. The van der Waals surface area contributed by atoms with Crippen LogP contribution >= 0.6 is 0 Å². The van der Waals surface area contributed by atoms with E-state index in [1.54, 1.807) is 0 Å². The van der Waals surface area contributed by atoms with Gasteiger partial charge in [0.1, 0.15) is 5.75 Å². The van der Waals surface area contributed by atoms with Gasteiger partial charge in [0.2, 0.25) is 0 Å². The summed E-state index contributed by atoms with van der Waals surface area (Å²) in [6.45, 7) is 2.81. The van der Waals surface area contributed by atoms with E-state index < -0.39 is 0 Å². The summed E-state index contributed by atoms with van der Waals surface area (Å²) in [4.78, 5) is 0. The predicted molar refractivity (Wildman–Crippen MR) is 80.7 cm³/mol. The molecule has 1 aromatic carbocycles. The van der Waals surface area contributed by atoms with Crippen LogP contribution in [0.25, 0.3) is 0 Å². The zero-order valence-corrected chi connectivity index (χ0v) is 12.5. The highest BCUT2D eigenvalue weighted by Gasteiger charge is 2.66. The molecule has 2 bridgehead atoms. The first-order valence-electron chi connectivity index (χ1n) is 8.24. The van der Waals surface area contributed by atoms with Crippen molar-refractivity contribution in [1.29, 1.82) is 0 Å². The molecule has 0 spiro atoms. The number of rotatable bonds is 5. The van der Waals surface area contributed by atoms with Crippen molar-refractivity contribution in [1.82, 2.24) is 5.32 Å². The zero-order valence-electron chi connectivity index (χ0n) is 12.5. The highest BCUT2D eigenvalue weighted by molar-refractivity contribution is 5.38. The molecule has 0 radical (unpaired) electrons. The topological polar surface area (TPSA) is 21.3 Å². The molecular weight excluding hydrogens is 246 g/mol. The summed E-state index contributed by atoms with van der Waals surface area (Å²) in [5, 5.41) is 3.60. The van der Waals surface area contributed by atoms with Crippen LogP contribution in [0.1, 0.15) is 37.8 Å². The quantitative estimate of drug-likeness (QED) is 0.883. The van der Waals surface area contributed by atoms with Gasteiger partial charge in [-0.3, -0.25) is 0 Å². The van der Waals surface area contributed by atoms with Crippen molar-refractivity contribution < 1.29 is 4.74 Å². The molecule has 2 heteroatoms. The number of para-hydroxylation sites is 1. The van der Waals surface area contributed by atoms with Gasteiger partial charge in [0.25, 0.3) is 0 Å². The molecule has 1 N–H and O–H groups in total. The van der Waals surface area contributed by atoms with E-state index >= 15 is 0 Å². The molecule has 108 valence electrons. The van der Waals surface area contributed by atoms with Gasteiger partial charge in [0.05, 0.1) is 6.61 Å². The second-order valence-electron chi connectivity index (χ2n) is 6.80. The SMILES string of the molecule is CCOc1ccccc1C(NC)C1C2C3CCC(C3)C21. The number of benzene rings is 1. The van der Waals surface area contributed by atoms with Gasteiger partial charge >= 0.3 is 0 Å². The minimum atomic E-state index is 0.483. The van der Waals surface area contributed by atoms with Crippen LogP contribution in [0.2, 0.25) is 0 Å². The molecule has 0 amide bonds. The first-order chi connectivity index (χ1) is 9.85. The minimum Gasteiger partial charge on any atom is -0.494 e. The molecule has 3 aliphatic carbocycles. The summed E-state index contributed by atoms with van der Waals surface area (Å²) in [5.41, 5.74) is 1.37. The summed E-state index contributed by atoms with van der Waals surface area (Å²) >= 11 is 0. The first kappa shape index (κ1) is 12.7. The molecule has 3 fully saturated rings. The third-order valence-corrected chi connectivity index (χ3v) is 6.04. The predicted octanol–water partition coefficient (Wildman–Crippen LogP) is 3.64. The lowest BCUT2D eigenvalue weighted by Gasteiger charge is -2.23. The Morgan fingerprint density at radius 3 is 2.55 bits per heavy atom. The molecule has 0 aromatic heterocycles. The smallest absolute Gasteiger partial charge is 0.124 e. The fraction of sp³-hybridized carbons (Fsp3) is 0.667. The molecule has 1 aromatic rings. The van der Waals surface area contributed by atoms with Gasteiger partial charge in [-0.25, -0.2) is 0 Å².